The number of nitrogens with zero attached hydrogens (tertiary/aromatic N) is 4. The summed E-state index contributed by atoms with van der Waals surface area (Å²) in [5.74, 6) is 1.51. The smallest absolute Gasteiger partial charge is 0.222 e. The van der Waals surface area contributed by atoms with Crippen LogP contribution < -0.4 is 0 Å². The van der Waals surface area contributed by atoms with Crippen molar-refractivity contribution in [2.75, 3.05) is 13.1 Å². The molecule has 1 unspecified atom stereocenters. The molecule has 1 fully saturated rings. The number of likely N-dealkylation sites (tertiary alicyclic amines) is 1. The van der Waals surface area contributed by atoms with Gasteiger partial charge in [0.1, 0.15) is 12.2 Å². The predicted molar refractivity (Wildman–Crippen MR) is 96.2 cm³/mol. The Morgan fingerprint density at radius 3 is 3.12 bits per heavy atom. The predicted octanol–water partition coefficient (Wildman–Crippen LogP) is 2.64. The van der Waals surface area contributed by atoms with Crippen molar-refractivity contribution in [2.24, 2.45) is 7.05 Å². The minimum Gasteiger partial charge on any atom is -0.361 e. The highest BCUT2D eigenvalue weighted by atomic mass is 16.2. The zero-order valence-electron chi connectivity index (χ0n) is 14.5. The van der Waals surface area contributed by atoms with Gasteiger partial charge in [-0.25, -0.2) is 0 Å². The van der Waals surface area contributed by atoms with E-state index in [0.717, 1.165) is 43.7 Å². The van der Waals surface area contributed by atoms with Crippen LogP contribution in [0.5, 0.6) is 0 Å². The maximum atomic E-state index is 12.7. The molecule has 2 aromatic heterocycles. The Kier molecular flexibility index (Phi) is 4.26. The van der Waals surface area contributed by atoms with Crippen molar-refractivity contribution < 1.29 is 4.79 Å². The van der Waals surface area contributed by atoms with Gasteiger partial charge in [0.25, 0.3) is 0 Å². The lowest BCUT2D eigenvalue weighted by molar-refractivity contribution is -0.132. The van der Waals surface area contributed by atoms with E-state index in [0.29, 0.717) is 12.3 Å². The second-order valence-corrected chi connectivity index (χ2v) is 6.88. The highest BCUT2D eigenvalue weighted by Crippen LogP contribution is 2.25. The molecule has 6 heteroatoms. The molecule has 0 bridgehead atoms. The van der Waals surface area contributed by atoms with E-state index in [4.69, 9.17) is 0 Å². The van der Waals surface area contributed by atoms with Gasteiger partial charge in [-0.05, 0) is 48.4 Å². The fourth-order valence-electron chi connectivity index (χ4n) is 3.74. The molecular weight excluding hydrogens is 314 g/mol. The number of carbonyl (C=O) groups excluding carboxylic acids is 1. The lowest BCUT2D eigenvalue weighted by Gasteiger charge is -2.32. The molecule has 3 aromatic rings. The van der Waals surface area contributed by atoms with Gasteiger partial charge in [-0.15, -0.1) is 10.2 Å². The molecule has 1 saturated heterocycles. The average molecular weight is 337 g/mol. The van der Waals surface area contributed by atoms with Gasteiger partial charge in [0, 0.05) is 44.2 Å². The standard InChI is InChI=1S/C19H23N5O/c1-23-13-21-22-19(23)16-3-2-10-24(12-16)18(25)7-5-14-4-6-17-15(11-14)8-9-20-17/h4,6,8-9,11,13,16,20H,2-3,5,7,10,12H2,1H3. The molecular formula is C19H23N5O. The van der Waals surface area contributed by atoms with Crippen LogP contribution in [0.3, 0.4) is 0 Å². The lowest BCUT2D eigenvalue weighted by Crippen LogP contribution is -2.39. The first kappa shape index (κ1) is 15.9. The Morgan fingerprint density at radius 1 is 1.36 bits per heavy atom. The number of H-pyrrole nitrogens is 1. The van der Waals surface area contributed by atoms with Crippen molar-refractivity contribution in [3.8, 4) is 0 Å². The third-order valence-electron chi connectivity index (χ3n) is 5.13. The quantitative estimate of drug-likeness (QED) is 0.796. The van der Waals surface area contributed by atoms with E-state index in [9.17, 15) is 4.79 Å². The minimum absolute atomic E-state index is 0.237. The number of benzene rings is 1. The van der Waals surface area contributed by atoms with Gasteiger partial charge in [0.15, 0.2) is 0 Å². The highest BCUT2D eigenvalue weighted by molar-refractivity contribution is 5.80. The first-order valence-corrected chi connectivity index (χ1v) is 8.88. The summed E-state index contributed by atoms with van der Waals surface area (Å²) < 4.78 is 1.96. The zero-order chi connectivity index (χ0) is 17.2. The summed E-state index contributed by atoms with van der Waals surface area (Å²) in [4.78, 5) is 17.9. The van der Waals surface area contributed by atoms with Crippen LogP contribution in [-0.4, -0.2) is 43.6 Å². The maximum Gasteiger partial charge on any atom is 0.222 e. The molecule has 130 valence electrons. The number of nitrogens with one attached hydrogen (secondary N) is 1. The fourth-order valence-corrected chi connectivity index (χ4v) is 3.74. The number of amides is 1. The Bertz CT molecular complexity index is 881. The van der Waals surface area contributed by atoms with Crippen LogP contribution in [0.15, 0.2) is 36.8 Å². The van der Waals surface area contributed by atoms with E-state index in [1.807, 2.05) is 22.7 Å². The number of fused-ring (bicyclic) bond motifs is 1. The first-order valence-electron chi connectivity index (χ1n) is 8.88. The molecule has 1 N–H and O–H groups in total. The summed E-state index contributed by atoms with van der Waals surface area (Å²) >= 11 is 0. The number of piperidine rings is 1. The summed E-state index contributed by atoms with van der Waals surface area (Å²) in [5.41, 5.74) is 2.35. The SMILES string of the molecule is Cn1cnnc1C1CCCN(C(=O)CCc2ccc3[nH]ccc3c2)C1. The minimum atomic E-state index is 0.237. The topological polar surface area (TPSA) is 66.8 Å². The molecule has 4 rings (SSSR count). The highest BCUT2D eigenvalue weighted by Gasteiger charge is 2.27. The van der Waals surface area contributed by atoms with Crippen LogP contribution in [0.1, 0.15) is 36.6 Å². The summed E-state index contributed by atoms with van der Waals surface area (Å²) in [7, 11) is 1.97. The largest absolute Gasteiger partial charge is 0.361 e. The number of carbonyl (C=O) groups is 1. The van der Waals surface area contributed by atoms with Crippen molar-refractivity contribution >= 4 is 16.8 Å². The van der Waals surface area contributed by atoms with Gasteiger partial charge < -0.3 is 14.5 Å². The molecule has 1 atom stereocenters. The van der Waals surface area contributed by atoms with Gasteiger partial charge >= 0.3 is 0 Å². The maximum absolute atomic E-state index is 12.7. The van der Waals surface area contributed by atoms with Gasteiger partial charge in [-0.3, -0.25) is 4.79 Å². The van der Waals surface area contributed by atoms with Crippen LogP contribution in [0.2, 0.25) is 0 Å². The lowest BCUT2D eigenvalue weighted by atomic mass is 9.96. The van der Waals surface area contributed by atoms with Gasteiger partial charge in [0.2, 0.25) is 5.91 Å². The van der Waals surface area contributed by atoms with Crippen LogP contribution in [-0.2, 0) is 18.3 Å². The Hall–Kier alpha value is -2.63. The Morgan fingerprint density at radius 2 is 2.28 bits per heavy atom. The summed E-state index contributed by atoms with van der Waals surface area (Å²) in [5, 5.41) is 9.39. The van der Waals surface area contributed by atoms with Crippen molar-refractivity contribution in [3.63, 3.8) is 0 Å². The van der Waals surface area contributed by atoms with Crippen LogP contribution in [0, 0.1) is 0 Å². The van der Waals surface area contributed by atoms with Crippen molar-refractivity contribution in [1.82, 2.24) is 24.6 Å². The van der Waals surface area contributed by atoms with Gasteiger partial charge in [-0.2, -0.15) is 0 Å². The molecule has 0 saturated carbocycles. The van der Waals surface area contributed by atoms with E-state index in [1.165, 1.54) is 10.9 Å². The molecule has 0 spiro atoms. The van der Waals surface area contributed by atoms with Crippen molar-refractivity contribution in [3.05, 3.63) is 48.2 Å². The van der Waals surface area contributed by atoms with Crippen molar-refractivity contribution in [1.29, 1.82) is 0 Å². The number of aromatic nitrogens is 4. The number of hydrogen-bond acceptors (Lipinski definition) is 3. The number of aromatic amines is 1. The molecule has 3 heterocycles. The van der Waals surface area contributed by atoms with Crippen LogP contribution >= 0.6 is 0 Å². The van der Waals surface area contributed by atoms with E-state index in [2.05, 4.69) is 39.4 Å². The number of rotatable bonds is 4. The van der Waals surface area contributed by atoms with Gasteiger partial charge in [-0.1, -0.05) is 6.07 Å². The van der Waals surface area contributed by atoms with Crippen molar-refractivity contribution in [2.45, 2.75) is 31.6 Å². The molecule has 6 nitrogen and oxygen atoms in total. The van der Waals surface area contributed by atoms with E-state index in [1.54, 1.807) is 6.33 Å². The van der Waals surface area contributed by atoms with E-state index < -0.39 is 0 Å². The molecule has 0 aliphatic carbocycles. The fraction of sp³-hybridized carbons (Fsp3) is 0.421. The summed E-state index contributed by atoms with van der Waals surface area (Å²) in [6, 6.07) is 8.42. The molecule has 1 aliphatic heterocycles. The zero-order valence-corrected chi connectivity index (χ0v) is 14.5. The summed E-state index contributed by atoms with van der Waals surface area (Å²) in [6.07, 6.45) is 7.11. The third kappa shape index (κ3) is 3.29. The number of hydrogen-bond donors (Lipinski definition) is 1. The molecule has 25 heavy (non-hydrogen) atoms. The first-order chi connectivity index (χ1) is 12.2. The second kappa shape index (κ2) is 6.70. The van der Waals surface area contributed by atoms with Gasteiger partial charge in [0.05, 0.1) is 0 Å². The monoisotopic (exact) mass is 337 g/mol. The summed E-state index contributed by atoms with van der Waals surface area (Å²) in [6.45, 7) is 1.60. The Labute approximate surface area is 146 Å². The third-order valence-corrected chi connectivity index (χ3v) is 5.13. The van der Waals surface area contributed by atoms with Crippen LogP contribution in [0.25, 0.3) is 10.9 Å². The molecule has 1 amide bonds. The van der Waals surface area contributed by atoms with E-state index in [-0.39, 0.29) is 5.91 Å². The Balaban J connectivity index is 1.38. The molecule has 1 aliphatic rings. The second-order valence-electron chi connectivity index (χ2n) is 6.88. The molecule has 1 aromatic carbocycles. The normalized spacial score (nSPS) is 18.0. The average Bonchev–Trinajstić information content (AvgIpc) is 3.27. The molecule has 0 radical (unpaired) electrons. The van der Waals surface area contributed by atoms with Crippen LogP contribution in [0.4, 0.5) is 0 Å². The number of aryl methyl sites for hydroxylation is 2. The van der Waals surface area contributed by atoms with E-state index >= 15 is 0 Å².